The summed E-state index contributed by atoms with van der Waals surface area (Å²) in [5.74, 6) is -0.208. The molecule has 1 atom stereocenters. The topological polar surface area (TPSA) is 57.5 Å². The molecule has 0 radical (unpaired) electrons. The normalized spacial score (nSPS) is 17.2. The predicted octanol–water partition coefficient (Wildman–Crippen LogP) is 3.66. The zero-order valence-electron chi connectivity index (χ0n) is 11.8. The van der Waals surface area contributed by atoms with Crippen molar-refractivity contribution in [2.45, 2.75) is 51.4 Å². The molecule has 1 fully saturated rings. The molecule has 0 spiro atoms. The van der Waals surface area contributed by atoms with Crippen molar-refractivity contribution in [3.63, 3.8) is 0 Å². The van der Waals surface area contributed by atoms with E-state index < -0.39 is 5.97 Å². The summed E-state index contributed by atoms with van der Waals surface area (Å²) in [6.07, 6.45) is 2.24. The number of phenols is 1. The zero-order chi connectivity index (χ0) is 14.2. The summed E-state index contributed by atoms with van der Waals surface area (Å²) in [5, 5.41) is 19.1. The van der Waals surface area contributed by atoms with Crippen molar-refractivity contribution in [2.24, 2.45) is 5.92 Å². The highest BCUT2D eigenvalue weighted by molar-refractivity contribution is 5.68. The molecular weight excluding hydrogens is 240 g/mol. The van der Waals surface area contributed by atoms with Gasteiger partial charge in [-0.05, 0) is 41.4 Å². The van der Waals surface area contributed by atoms with Crippen molar-refractivity contribution in [1.29, 1.82) is 0 Å². The molecule has 1 unspecified atom stereocenters. The smallest absolute Gasteiger partial charge is 0.303 e. The number of carboxylic acids is 1. The molecule has 3 nitrogen and oxygen atoms in total. The van der Waals surface area contributed by atoms with Crippen molar-refractivity contribution in [1.82, 2.24) is 0 Å². The van der Waals surface area contributed by atoms with E-state index in [2.05, 4.69) is 20.8 Å². The average molecular weight is 262 g/mol. The van der Waals surface area contributed by atoms with Crippen LogP contribution in [-0.2, 0) is 10.2 Å². The lowest BCUT2D eigenvalue weighted by Gasteiger charge is -2.23. The lowest BCUT2D eigenvalue weighted by Crippen LogP contribution is -2.14. The van der Waals surface area contributed by atoms with Gasteiger partial charge in [-0.15, -0.1) is 0 Å². The van der Waals surface area contributed by atoms with Crippen molar-refractivity contribution in [3.8, 4) is 5.75 Å². The fourth-order valence-electron chi connectivity index (χ4n) is 2.54. The van der Waals surface area contributed by atoms with E-state index in [-0.39, 0.29) is 23.5 Å². The number of aliphatic carboxylic acids is 1. The third-order valence-electron chi connectivity index (χ3n) is 3.88. The lowest BCUT2D eigenvalue weighted by molar-refractivity contribution is -0.137. The van der Waals surface area contributed by atoms with E-state index in [4.69, 9.17) is 5.11 Å². The van der Waals surface area contributed by atoms with Crippen LogP contribution in [0.2, 0.25) is 0 Å². The van der Waals surface area contributed by atoms with Crippen molar-refractivity contribution in [3.05, 3.63) is 29.3 Å². The summed E-state index contributed by atoms with van der Waals surface area (Å²) in [6, 6.07) is 5.61. The third kappa shape index (κ3) is 3.28. The van der Waals surface area contributed by atoms with Crippen LogP contribution < -0.4 is 0 Å². The number of carboxylic acid groups (broad SMARTS) is 1. The molecule has 104 valence electrons. The lowest BCUT2D eigenvalue weighted by atomic mass is 9.82. The molecule has 1 aromatic carbocycles. The van der Waals surface area contributed by atoms with Crippen molar-refractivity contribution < 1.29 is 15.0 Å². The molecule has 1 aliphatic rings. The van der Waals surface area contributed by atoms with Gasteiger partial charge < -0.3 is 10.2 Å². The van der Waals surface area contributed by atoms with E-state index in [0.29, 0.717) is 5.92 Å². The van der Waals surface area contributed by atoms with E-state index in [1.54, 1.807) is 6.07 Å². The first-order valence-electron chi connectivity index (χ1n) is 6.84. The minimum absolute atomic E-state index is 0.000224. The molecular formula is C16H22O3. The fourth-order valence-corrected chi connectivity index (χ4v) is 2.54. The maximum atomic E-state index is 11.0. The summed E-state index contributed by atoms with van der Waals surface area (Å²) < 4.78 is 0. The predicted molar refractivity (Wildman–Crippen MR) is 74.5 cm³/mol. The Morgan fingerprint density at radius 1 is 1.37 bits per heavy atom. The van der Waals surface area contributed by atoms with Gasteiger partial charge in [-0.1, -0.05) is 32.9 Å². The van der Waals surface area contributed by atoms with Crippen LogP contribution in [0.15, 0.2) is 18.2 Å². The summed E-state index contributed by atoms with van der Waals surface area (Å²) in [4.78, 5) is 11.0. The second-order valence-corrected chi connectivity index (χ2v) is 6.57. The zero-order valence-corrected chi connectivity index (χ0v) is 11.8. The Morgan fingerprint density at radius 3 is 2.47 bits per heavy atom. The second-order valence-electron chi connectivity index (χ2n) is 6.57. The van der Waals surface area contributed by atoms with Gasteiger partial charge in [0.15, 0.2) is 0 Å². The molecule has 0 aliphatic heterocycles. The van der Waals surface area contributed by atoms with Gasteiger partial charge in [0, 0.05) is 5.92 Å². The first-order valence-corrected chi connectivity index (χ1v) is 6.84. The summed E-state index contributed by atoms with van der Waals surface area (Å²) in [6.45, 7) is 6.35. The number of hydrogen-bond donors (Lipinski definition) is 2. The summed E-state index contributed by atoms with van der Waals surface area (Å²) in [7, 11) is 0. The molecule has 0 amide bonds. The highest BCUT2D eigenvalue weighted by Gasteiger charge is 2.35. The molecule has 19 heavy (non-hydrogen) atoms. The molecule has 2 N–H and O–H groups in total. The monoisotopic (exact) mass is 262 g/mol. The van der Waals surface area contributed by atoms with Crippen LogP contribution in [0.4, 0.5) is 0 Å². The Hall–Kier alpha value is -1.51. The highest BCUT2D eigenvalue weighted by atomic mass is 16.4. The average Bonchev–Trinajstić information content (AvgIpc) is 3.08. The molecule has 2 rings (SSSR count). The van der Waals surface area contributed by atoms with Crippen LogP contribution in [0, 0.1) is 5.92 Å². The Bertz CT molecular complexity index is 481. The second kappa shape index (κ2) is 4.87. The number of benzene rings is 1. The number of carbonyl (C=O) groups is 1. The van der Waals surface area contributed by atoms with Gasteiger partial charge in [0.1, 0.15) is 5.75 Å². The Kier molecular flexibility index (Phi) is 3.57. The minimum atomic E-state index is -0.794. The first-order chi connectivity index (χ1) is 8.79. The van der Waals surface area contributed by atoms with E-state index in [1.165, 1.54) is 0 Å². The van der Waals surface area contributed by atoms with Crippen LogP contribution in [-0.4, -0.2) is 16.2 Å². The minimum Gasteiger partial charge on any atom is -0.508 e. The summed E-state index contributed by atoms with van der Waals surface area (Å²) >= 11 is 0. The molecule has 0 aromatic heterocycles. The molecule has 1 aromatic rings. The van der Waals surface area contributed by atoms with Gasteiger partial charge in [0.25, 0.3) is 0 Å². The standard InChI is InChI=1S/C16H22O3/c1-16(2,3)11-6-7-14(17)13(8-11)12(9-15(18)19)10-4-5-10/h6-8,10,12,17H,4-5,9H2,1-3H3,(H,18,19). The van der Waals surface area contributed by atoms with E-state index in [0.717, 1.165) is 24.0 Å². The van der Waals surface area contributed by atoms with Gasteiger partial charge in [0.2, 0.25) is 0 Å². The fraction of sp³-hybridized carbons (Fsp3) is 0.562. The number of hydrogen-bond acceptors (Lipinski definition) is 2. The third-order valence-corrected chi connectivity index (χ3v) is 3.88. The van der Waals surface area contributed by atoms with Gasteiger partial charge >= 0.3 is 5.97 Å². The molecule has 1 saturated carbocycles. The van der Waals surface area contributed by atoms with Crippen LogP contribution in [0.25, 0.3) is 0 Å². The highest BCUT2D eigenvalue weighted by Crippen LogP contribution is 2.47. The van der Waals surface area contributed by atoms with Gasteiger partial charge in [0.05, 0.1) is 6.42 Å². The van der Waals surface area contributed by atoms with Crippen LogP contribution >= 0.6 is 0 Å². The van der Waals surface area contributed by atoms with Gasteiger partial charge in [-0.25, -0.2) is 0 Å². The molecule has 3 heteroatoms. The number of phenolic OH excluding ortho intramolecular Hbond substituents is 1. The summed E-state index contributed by atoms with van der Waals surface area (Å²) in [5.41, 5.74) is 1.94. The van der Waals surface area contributed by atoms with Crippen molar-refractivity contribution in [2.75, 3.05) is 0 Å². The van der Waals surface area contributed by atoms with Crippen LogP contribution in [0.1, 0.15) is 57.1 Å². The molecule has 1 aliphatic carbocycles. The molecule has 0 heterocycles. The van der Waals surface area contributed by atoms with Gasteiger partial charge in [-0.2, -0.15) is 0 Å². The maximum Gasteiger partial charge on any atom is 0.303 e. The largest absolute Gasteiger partial charge is 0.508 e. The Balaban J connectivity index is 2.38. The van der Waals surface area contributed by atoms with Gasteiger partial charge in [-0.3, -0.25) is 4.79 Å². The molecule has 0 bridgehead atoms. The van der Waals surface area contributed by atoms with Crippen LogP contribution in [0.5, 0.6) is 5.75 Å². The van der Waals surface area contributed by atoms with Crippen LogP contribution in [0.3, 0.4) is 0 Å². The van der Waals surface area contributed by atoms with E-state index in [9.17, 15) is 9.90 Å². The Morgan fingerprint density at radius 2 is 2.00 bits per heavy atom. The number of aromatic hydroxyl groups is 1. The SMILES string of the molecule is CC(C)(C)c1ccc(O)c(C(CC(=O)O)C2CC2)c1. The quantitative estimate of drug-likeness (QED) is 0.870. The van der Waals surface area contributed by atoms with E-state index >= 15 is 0 Å². The van der Waals surface area contributed by atoms with E-state index in [1.807, 2.05) is 12.1 Å². The Labute approximate surface area is 114 Å². The van der Waals surface area contributed by atoms with Crippen molar-refractivity contribution >= 4 is 5.97 Å². The maximum absolute atomic E-state index is 11.0. The first kappa shape index (κ1) is 13.9. The molecule has 0 saturated heterocycles. The number of rotatable bonds is 4.